The molecule has 0 bridgehead atoms. The monoisotopic (exact) mass is 549 g/mol. The molecule has 3 rings (SSSR count). The number of hydrogen-bond acceptors (Lipinski definition) is 5. The largest absolute Gasteiger partial charge is 0.305 e. The van der Waals surface area contributed by atoms with Gasteiger partial charge in [0.2, 0.25) is 5.96 Å². The number of amidine groups is 1. The van der Waals surface area contributed by atoms with Crippen LogP contribution in [-0.4, -0.2) is 26.5 Å². The highest BCUT2D eigenvalue weighted by Gasteiger charge is 2.21. The zero-order valence-electron chi connectivity index (χ0n) is 26.6. The van der Waals surface area contributed by atoms with Crippen LogP contribution in [0.5, 0.6) is 0 Å². The first-order valence-corrected chi connectivity index (χ1v) is 15.5. The number of aryl methyl sites for hydroxylation is 1. The fourth-order valence-electron chi connectivity index (χ4n) is 4.27. The fraction of sp³-hybridized carbons (Fsp3) is 0.606. The lowest BCUT2D eigenvalue weighted by atomic mass is 10.0. The van der Waals surface area contributed by atoms with Crippen molar-refractivity contribution in [2.75, 3.05) is 0 Å². The molecule has 0 saturated heterocycles. The van der Waals surface area contributed by atoms with Gasteiger partial charge in [0.05, 0.1) is 11.9 Å². The first-order valence-electron chi connectivity index (χ1n) is 15.5. The number of allylic oxidation sites excluding steroid dienone is 4. The molecule has 40 heavy (non-hydrogen) atoms. The minimum atomic E-state index is 0.650. The maximum absolute atomic E-state index is 4.92. The SMILES string of the molecule is CCC/C=C1\C=C(c2cnn(CCC)c2)N=C(/N=C2\CC=C(C)NN2)N1C=C(C)C.CCCCCC[C@H](C)CC. The van der Waals surface area contributed by atoms with Crippen molar-refractivity contribution in [2.24, 2.45) is 15.9 Å². The van der Waals surface area contributed by atoms with E-state index in [0.29, 0.717) is 5.96 Å². The Bertz CT molecular complexity index is 1080. The summed E-state index contributed by atoms with van der Waals surface area (Å²) in [6.07, 6.45) is 24.9. The van der Waals surface area contributed by atoms with Crippen molar-refractivity contribution in [2.45, 2.75) is 126 Å². The second-order valence-electron chi connectivity index (χ2n) is 11.2. The van der Waals surface area contributed by atoms with Gasteiger partial charge in [-0.15, -0.1) is 0 Å². The Labute approximate surface area is 244 Å². The van der Waals surface area contributed by atoms with Crippen molar-refractivity contribution in [3.05, 3.63) is 59.4 Å². The van der Waals surface area contributed by atoms with Gasteiger partial charge in [-0.05, 0) is 45.6 Å². The molecule has 0 aromatic carbocycles. The van der Waals surface area contributed by atoms with E-state index in [1.807, 2.05) is 17.8 Å². The number of unbranched alkanes of at least 4 members (excludes halogenated alkanes) is 4. The summed E-state index contributed by atoms with van der Waals surface area (Å²) in [5.74, 6) is 2.44. The molecule has 0 amide bonds. The molecule has 2 aliphatic rings. The number of aromatic nitrogens is 2. The summed E-state index contributed by atoms with van der Waals surface area (Å²) < 4.78 is 1.97. The maximum atomic E-state index is 4.92. The van der Waals surface area contributed by atoms with Crippen molar-refractivity contribution < 1.29 is 0 Å². The van der Waals surface area contributed by atoms with Gasteiger partial charge in [0.15, 0.2) is 0 Å². The van der Waals surface area contributed by atoms with Crippen LogP contribution < -0.4 is 10.9 Å². The zero-order valence-corrected chi connectivity index (χ0v) is 26.6. The van der Waals surface area contributed by atoms with E-state index in [1.54, 1.807) is 0 Å². The summed E-state index contributed by atoms with van der Waals surface area (Å²) in [6, 6.07) is 0. The summed E-state index contributed by atoms with van der Waals surface area (Å²) in [4.78, 5) is 11.9. The minimum Gasteiger partial charge on any atom is -0.305 e. The van der Waals surface area contributed by atoms with Crippen LogP contribution in [0.15, 0.2) is 63.8 Å². The molecule has 1 atom stereocenters. The Balaban J connectivity index is 0.000000478. The number of hydrogen-bond donors (Lipinski definition) is 2. The zero-order chi connectivity index (χ0) is 29.3. The molecule has 2 aliphatic heterocycles. The molecule has 3 heterocycles. The van der Waals surface area contributed by atoms with Crippen molar-refractivity contribution >= 4 is 17.5 Å². The van der Waals surface area contributed by atoms with Crippen molar-refractivity contribution in [1.29, 1.82) is 0 Å². The predicted octanol–water partition coefficient (Wildman–Crippen LogP) is 8.72. The summed E-state index contributed by atoms with van der Waals surface area (Å²) in [7, 11) is 0. The first-order chi connectivity index (χ1) is 19.3. The van der Waals surface area contributed by atoms with Gasteiger partial charge in [-0.25, -0.2) is 4.99 Å². The summed E-state index contributed by atoms with van der Waals surface area (Å²) in [5, 5.41) is 4.48. The van der Waals surface area contributed by atoms with Crippen LogP contribution in [0.25, 0.3) is 5.70 Å². The molecule has 0 saturated carbocycles. The van der Waals surface area contributed by atoms with E-state index in [4.69, 9.17) is 9.98 Å². The molecule has 2 N–H and O–H groups in total. The second-order valence-corrected chi connectivity index (χ2v) is 11.2. The Morgan fingerprint density at radius 2 is 1.88 bits per heavy atom. The quantitative estimate of drug-likeness (QED) is 0.256. The third-order valence-electron chi connectivity index (χ3n) is 6.90. The molecule has 0 aliphatic carbocycles. The van der Waals surface area contributed by atoms with E-state index in [0.717, 1.165) is 66.6 Å². The lowest BCUT2D eigenvalue weighted by Crippen LogP contribution is -2.40. The number of rotatable bonds is 12. The van der Waals surface area contributed by atoms with Crippen molar-refractivity contribution in [3.63, 3.8) is 0 Å². The molecule has 222 valence electrons. The highest BCUT2D eigenvalue weighted by atomic mass is 15.4. The molecule has 0 spiro atoms. The number of hydrazine groups is 1. The smallest absolute Gasteiger partial charge is 0.236 e. The van der Waals surface area contributed by atoms with E-state index in [1.165, 1.54) is 44.1 Å². The van der Waals surface area contributed by atoms with E-state index in [-0.39, 0.29) is 0 Å². The Morgan fingerprint density at radius 3 is 2.50 bits per heavy atom. The Morgan fingerprint density at radius 1 is 1.07 bits per heavy atom. The summed E-state index contributed by atoms with van der Waals surface area (Å²) >= 11 is 0. The highest BCUT2D eigenvalue weighted by molar-refractivity contribution is 6.01. The predicted molar refractivity (Wildman–Crippen MR) is 172 cm³/mol. The standard InChI is InChI=1S/C23H33N7.C10H22/c1-6-8-9-20-13-21(19-14-24-29(16-19)12-7-2)25-23(30(20)15-17(3)4)26-22-11-10-18(5)27-28-22;1-4-6-7-8-9-10(3)5-2/h9-10,13-16,27H,6-8,11-12H2,1-5H3,(H,25,26,28);10H,4-9H2,1-3H3/b20-9+;/t;10-/m.1/s1. The van der Waals surface area contributed by atoms with Gasteiger partial charge in [0.25, 0.3) is 0 Å². The van der Waals surface area contributed by atoms with Gasteiger partial charge in [-0.3, -0.25) is 15.0 Å². The van der Waals surface area contributed by atoms with E-state index >= 15 is 0 Å². The number of nitrogens with one attached hydrogen (secondary N) is 2. The van der Waals surface area contributed by atoms with Gasteiger partial charge in [-0.2, -0.15) is 10.1 Å². The maximum Gasteiger partial charge on any atom is 0.236 e. The van der Waals surface area contributed by atoms with Crippen molar-refractivity contribution in [3.8, 4) is 0 Å². The van der Waals surface area contributed by atoms with Crippen LogP contribution in [0.2, 0.25) is 0 Å². The normalized spacial score (nSPS) is 17.7. The lowest BCUT2D eigenvalue weighted by Gasteiger charge is -2.27. The molecule has 1 aromatic heterocycles. The molecular formula is C33H55N7. The highest BCUT2D eigenvalue weighted by Crippen LogP contribution is 2.27. The van der Waals surface area contributed by atoms with Gasteiger partial charge in [-0.1, -0.05) is 97.3 Å². The summed E-state index contributed by atoms with van der Waals surface area (Å²) in [6.45, 7) is 18.3. The second kappa shape index (κ2) is 18.3. The van der Waals surface area contributed by atoms with Crippen LogP contribution in [0.3, 0.4) is 0 Å². The van der Waals surface area contributed by atoms with Crippen LogP contribution in [0.1, 0.15) is 125 Å². The van der Waals surface area contributed by atoms with Crippen LogP contribution in [0.4, 0.5) is 0 Å². The topological polar surface area (TPSA) is 69.8 Å². The van der Waals surface area contributed by atoms with Gasteiger partial charge >= 0.3 is 0 Å². The molecule has 0 unspecified atom stereocenters. The number of nitrogens with zero attached hydrogens (tertiary/aromatic N) is 5. The Kier molecular flexibility index (Phi) is 15.1. The van der Waals surface area contributed by atoms with Gasteiger partial charge in [0, 0.05) is 42.3 Å². The molecular weight excluding hydrogens is 494 g/mol. The van der Waals surface area contributed by atoms with Gasteiger partial charge in [0.1, 0.15) is 5.84 Å². The lowest BCUT2D eigenvalue weighted by molar-refractivity contribution is 0.477. The number of aliphatic imine (C=N–C) groups is 2. The Hall–Kier alpha value is -3.09. The van der Waals surface area contributed by atoms with E-state index in [9.17, 15) is 0 Å². The minimum absolute atomic E-state index is 0.650. The molecule has 0 fully saturated rings. The van der Waals surface area contributed by atoms with Crippen LogP contribution in [0, 0.1) is 5.92 Å². The fourth-order valence-corrected chi connectivity index (χ4v) is 4.27. The first kappa shape index (κ1) is 33.1. The third kappa shape index (κ3) is 11.6. The summed E-state index contributed by atoms with van der Waals surface area (Å²) in [5.41, 5.74) is 11.6. The molecule has 1 aromatic rings. The molecule has 7 heteroatoms. The van der Waals surface area contributed by atoms with Crippen LogP contribution in [-0.2, 0) is 6.54 Å². The third-order valence-corrected chi connectivity index (χ3v) is 6.90. The molecule has 7 nitrogen and oxygen atoms in total. The van der Waals surface area contributed by atoms with Gasteiger partial charge < -0.3 is 5.43 Å². The van der Waals surface area contributed by atoms with E-state index < -0.39 is 0 Å². The number of guanidine groups is 1. The average Bonchev–Trinajstić information content (AvgIpc) is 3.41. The van der Waals surface area contributed by atoms with Crippen LogP contribution >= 0.6 is 0 Å². The average molecular weight is 550 g/mol. The van der Waals surface area contributed by atoms with E-state index in [2.05, 4.69) is 99.9 Å². The van der Waals surface area contributed by atoms with Crippen molar-refractivity contribution in [1.82, 2.24) is 25.5 Å². The molecule has 0 radical (unpaired) electrons.